The number of ether oxygens (including phenoxy) is 1. The molecule has 0 fully saturated rings. The fourth-order valence-electron chi connectivity index (χ4n) is 3.33. The lowest BCUT2D eigenvalue weighted by molar-refractivity contribution is 0.0509. The van der Waals surface area contributed by atoms with Gasteiger partial charge in [0.05, 0.1) is 0 Å². The molecule has 0 spiro atoms. The Morgan fingerprint density at radius 3 is 1.77 bits per heavy atom. The lowest BCUT2D eigenvalue weighted by Crippen LogP contribution is -2.42. The summed E-state index contributed by atoms with van der Waals surface area (Å²) < 4.78 is 5.56. The number of carbonyl (C=O) groups excluding carboxylic acids is 1. The quantitative estimate of drug-likeness (QED) is 0.531. The zero-order valence-corrected chi connectivity index (χ0v) is 18.8. The molecule has 4 heteroatoms. The van der Waals surface area contributed by atoms with Gasteiger partial charge in [-0.1, -0.05) is 91.0 Å². The van der Waals surface area contributed by atoms with Gasteiger partial charge in [0.25, 0.3) is 0 Å². The van der Waals surface area contributed by atoms with Crippen LogP contribution in [0.25, 0.3) is 0 Å². The van der Waals surface area contributed by atoms with Crippen molar-refractivity contribution in [3.8, 4) is 0 Å². The predicted octanol–water partition coefficient (Wildman–Crippen LogP) is 5.26. The Kier molecular flexibility index (Phi) is 7.65. The summed E-state index contributed by atoms with van der Waals surface area (Å²) in [4.78, 5) is 12.6. The molecule has 0 radical (unpaired) electrons. The summed E-state index contributed by atoms with van der Waals surface area (Å²) in [6, 6.07) is 31.4. The van der Waals surface area contributed by atoms with Gasteiger partial charge in [0, 0.05) is 6.04 Å². The van der Waals surface area contributed by atoms with Gasteiger partial charge in [-0.2, -0.15) is 0 Å². The lowest BCUT2D eigenvalue weighted by Gasteiger charge is -2.27. The number of benzene rings is 3. The van der Waals surface area contributed by atoms with E-state index >= 15 is 0 Å². The van der Waals surface area contributed by atoms with Crippen molar-refractivity contribution >= 4 is 24.6 Å². The second kappa shape index (κ2) is 10.4. The number of hydrogen-bond donors (Lipinski definition) is 1. The first-order valence-corrected chi connectivity index (χ1v) is 11.8. The Morgan fingerprint density at radius 1 is 0.833 bits per heavy atom. The van der Waals surface area contributed by atoms with Crippen molar-refractivity contribution in [3.05, 3.63) is 96.6 Å². The Hall–Kier alpha value is -2.64. The molecule has 0 aliphatic heterocycles. The normalized spacial score (nSPS) is 12.4. The van der Waals surface area contributed by atoms with Crippen LogP contribution in [0.3, 0.4) is 0 Å². The van der Waals surface area contributed by atoms with Crippen LogP contribution in [0.1, 0.15) is 26.3 Å². The largest absolute Gasteiger partial charge is 0.444 e. The Morgan fingerprint density at radius 2 is 1.30 bits per heavy atom. The molecule has 0 saturated carbocycles. The smallest absolute Gasteiger partial charge is 0.407 e. The molecule has 30 heavy (non-hydrogen) atoms. The number of nitrogens with one attached hydrogen (secondary N) is 1. The first kappa shape index (κ1) is 22.1. The third-order valence-electron chi connectivity index (χ3n) is 4.58. The topological polar surface area (TPSA) is 38.3 Å². The van der Waals surface area contributed by atoms with Crippen molar-refractivity contribution in [2.75, 3.05) is 6.16 Å². The Bertz CT molecular complexity index is 869. The maximum atomic E-state index is 12.6. The van der Waals surface area contributed by atoms with Crippen LogP contribution in [0.15, 0.2) is 91.0 Å². The highest BCUT2D eigenvalue weighted by atomic mass is 31.1. The van der Waals surface area contributed by atoms with Gasteiger partial charge in [-0.15, -0.1) is 0 Å². The number of hydrogen-bond acceptors (Lipinski definition) is 2. The van der Waals surface area contributed by atoms with Crippen LogP contribution in [-0.2, 0) is 11.2 Å². The van der Waals surface area contributed by atoms with Crippen LogP contribution < -0.4 is 15.9 Å². The van der Waals surface area contributed by atoms with Crippen LogP contribution in [0.2, 0.25) is 0 Å². The minimum atomic E-state index is -0.620. The minimum absolute atomic E-state index is 0.0335. The zero-order valence-electron chi connectivity index (χ0n) is 17.9. The average molecular weight is 420 g/mol. The highest BCUT2D eigenvalue weighted by molar-refractivity contribution is 7.73. The van der Waals surface area contributed by atoms with E-state index < -0.39 is 13.5 Å². The van der Waals surface area contributed by atoms with E-state index in [1.54, 1.807) is 0 Å². The van der Waals surface area contributed by atoms with Crippen molar-refractivity contribution < 1.29 is 9.53 Å². The summed E-state index contributed by atoms with van der Waals surface area (Å²) in [6.45, 7) is 5.67. The molecule has 1 N–H and O–H groups in total. The summed E-state index contributed by atoms with van der Waals surface area (Å²) in [6.07, 6.45) is 1.25. The highest BCUT2D eigenvalue weighted by Crippen LogP contribution is 2.34. The van der Waals surface area contributed by atoms with Gasteiger partial charge < -0.3 is 10.1 Å². The van der Waals surface area contributed by atoms with Gasteiger partial charge in [-0.25, -0.2) is 4.79 Å². The second-order valence-electron chi connectivity index (χ2n) is 8.31. The summed E-state index contributed by atoms with van der Waals surface area (Å²) in [5.74, 6) is 0. The van der Waals surface area contributed by atoms with E-state index in [9.17, 15) is 4.79 Å². The minimum Gasteiger partial charge on any atom is -0.444 e. The van der Waals surface area contributed by atoms with E-state index in [-0.39, 0.29) is 12.1 Å². The van der Waals surface area contributed by atoms with Crippen LogP contribution in [0.4, 0.5) is 4.79 Å². The van der Waals surface area contributed by atoms with Gasteiger partial charge in [0.15, 0.2) is 0 Å². The van der Waals surface area contributed by atoms with E-state index in [0.717, 1.165) is 12.6 Å². The van der Waals surface area contributed by atoms with Crippen molar-refractivity contribution in [2.24, 2.45) is 0 Å². The number of carbonyl (C=O) groups is 1. The fourth-order valence-corrected chi connectivity index (χ4v) is 5.78. The molecule has 1 amide bonds. The third-order valence-corrected chi connectivity index (χ3v) is 7.23. The average Bonchev–Trinajstić information content (AvgIpc) is 2.72. The summed E-state index contributed by atoms with van der Waals surface area (Å²) >= 11 is 0. The molecule has 0 bridgehead atoms. The summed E-state index contributed by atoms with van der Waals surface area (Å²) in [7, 11) is -0.620. The molecule has 0 aliphatic carbocycles. The van der Waals surface area contributed by atoms with Gasteiger partial charge in [-0.3, -0.25) is 0 Å². The van der Waals surface area contributed by atoms with Crippen molar-refractivity contribution in [1.82, 2.24) is 5.32 Å². The van der Waals surface area contributed by atoms with Crippen molar-refractivity contribution in [3.63, 3.8) is 0 Å². The molecular formula is C26H30NO2P. The summed E-state index contributed by atoms with van der Waals surface area (Å²) in [5.41, 5.74) is 0.681. The molecule has 0 heterocycles. The van der Waals surface area contributed by atoms with Crippen LogP contribution in [0.5, 0.6) is 0 Å². The molecule has 0 aliphatic rings. The predicted molar refractivity (Wildman–Crippen MR) is 127 cm³/mol. The second-order valence-corrected chi connectivity index (χ2v) is 10.6. The standard InChI is InChI=1S/C26H30NO2P/c1-26(2,3)29-25(28)27-22(19-21-13-7-4-8-14-21)20-30(23-15-9-5-10-16-23)24-17-11-6-12-18-24/h4-18,22H,19-20H2,1-3H3,(H,27,28)/t22-/m0/s1. The maximum Gasteiger partial charge on any atom is 0.407 e. The lowest BCUT2D eigenvalue weighted by atomic mass is 10.1. The molecular weight excluding hydrogens is 389 g/mol. The van der Waals surface area contributed by atoms with E-state index in [2.05, 4.69) is 66.0 Å². The highest BCUT2D eigenvalue weighted by Gasteiger charge is 2.24. The molecule has 0 saturated heterocycles. The van der Waals surface area contributed by atoms with Crippen molar-refractivity contribution in [2.45, 2.75) is 38.8 Å². The number of alkyl carbamates (subject to hydrolysis) is 1. The van der Waals surface area contributed by atoms with E-state index in [1.165, 1.54) is 16.2 Å². The van der Waals surface area contributed by atoms with E-state index in [1.807, 2.05) is 51.1 Å². The maximum absolute atomic E-state index is 12.6. The SMILES string of the molecule is CC(C)(C)OC(=O)N[C@@H](Cc1ccccc1)CP(c1ccccc1)c1ccccc1. The molecule has 0 unspecified atom stereocenters. The van der Waals surface area contributed by atoms with Gasteiger partial charge >= 0.3 is 6.09 Å². The van der Waals surface area contributed by atoms with Gasteiger partial charge in [-0.05, 0) is 57.4 Å². The molecule has 0 aromatic heterocycles. The monoisotopic (exact) mass is 419 g/mol. The van der Waals surface area contributed by atoms with E-state index in [0.29, 0.717) is 0 Å². The molecule has 156 valence electrons. The molecule has 1 atom stereocenters. The fraction of sp³-hybridized carbons (Fsp3) is 0.269. The van der Waals surface area contributed by atoms with Crippen LogP contribution >= 0.6 is 7.92 Å². The van der Waals surface area contributed by atoms with Gasteiger partial charge in [0.2, 0.25) is 0 Å². The first-order valence-electron chi connectivity index (χ1n) is 10.3. The number of rotatable bonds is 7. The molecule has 3 rings (SSSR count). The third kappa shape index (κ3) is 7.00. The molecule has 3 aromatic rings. The van der Waals surface area contributed by atoms with Crippen molar-refractivity contribution in [1.29, 1.82) is 0 Å². The Balaban J connectivity index is 1.87. The molecule has 3 aromatic carbocycles. The molecule has 3 nitrogen and oxygen atoms in total. The Labute approximate surface area is 181 Å². The van der Waals surface area contributed by atoms with E-state index in [4.69, 9.17) is 4.74 Å². The summed E-state index contributed by atoms with van der Waals surface area (Å²) in [5, 5.41) is 5.76. The zero-order chi connectivity index (χ0) is 21.4. The van der Waals surface area contributed by atoms with Crippen LogP contribution in [-0.4, -0.2) is 23.9 Å². The van der Waals surface area contributed by atoms with Gasteiger partial charge in [0.1, 0.15) is 5.60 Å². The first-order chi connectivity index (χ1) is 14.4. The number of amides is 1. The van der Waals surface area contributed by atoms with Crippen LogP contribution in [0, 0.1) is 0 Å².